The molecule has 0 aliphatic rings. The number of aliphatic carboxylic acids is 2. The van der Waals surface area contributed by atoms with Gasteiger partial charge in [0.1, 0.15) is 36.8 Å². The standard InChI is InChI=1S/C28H18Cl2N6O6/c29-25-17(15-7-21-27(41)33(11-23(37)38)13-31-35(21)9-15)3-1-5-19(25)20-6-2-4-18(26(20)30)16-8-22-28(42)34(12-24(39)40)14-32-36(22)10-16/h1-10,13-14H,11-12H2,(H,37,38)(H,39,40). The molecule has 0 unspecified atom stereocenters. The zero-order chi connectivity index (χ0) is 29.7. The van der Waals surface area contributed by atoms with Gasteiger partial charge in [0.05, 0.1) is 10.0 Å². The molecule has 0 aliphatic heterocycles. The van der Waals surface area contributed by atoms with Crippen molar-refractivity contribution in [1.29, 1.82) is 0 Å². The Kier molecular flexibility index (Phi) is 6.64. The van der Waals surface area contributed by atoms with Crippen LogP contribution in [0, 0.1) is 0 Å². The van der Waals surface area contributed by atoms with Crippen LogP contribution >= 0.6 is 23.2 Å². The minimum atomic E-state index is -1.16. The number of nitrogens with zero attached hydrogens (tertiary/aromatic N) is 6. The van der Waals surface area contributed by atoms with E-state index < -0.39 is 36.1 Å². The van der Waals surface area contributed by atoms with Crippen molar-refractivity contribution in [3.8, 4) is 33.4 Å². The molecule has 210 valence electrons. The van der Waals surface area contributed by atoms with E-state index in [2.05, 4.69) is 10.2 Å². The molecule has 2 aromatic carbocycles. The smallest absolute Gasteiger partial charge is 0.323 e. The minimum absolute atomic E-state index is 0.187. The second-order valence-electron chi connectivity index (χ2n) is 9.37. The first-order chi connectivity index (χ1) is 20.1. The molecule has 2 N–H and O–H groups in total. The van der Waals surface area contributed by atoms with Crippen LogP contribution in [0.15, 0.2) is 83.2 Å². The highest BCUT2D eigenvalue weighted by Gasteiger charge is 2.19. The average molecular weight is 605 g/mol. The van der Waals surface area contributed by atoms with Crippen molar-refractivity contribution in [3.05, 3.63) is 104 Å². The molecule has 0 saturated carbocycles. The van der Waals surface area contributed by atoms with Crippen molar-refractivity contribution < 1.29 is 19.8 Å². The Balaban J connectivity index is 1.43. The molecular formula is C28H18Cl2N6O6. The fourth-order valence-electron chi connectivity index (χ4n) is 4.79. The topological polar surface area (TPSA) is 153 Å². The first-order valence-corrected chi connectivity index (χ1v) is 13.1. The highest BCUT2D eigenvalue weighted by molar-refractivity contribution is 6.39. The van der Waals surface area contributed by atoms with E-state index in [9.17, 15) is 19.2 Å². The second-order valence-corrected chi connectivity index (χ2v) is 10.1. The van der Waals surface area contributed by atoms with Crippen molar-refractivity contribution >= 4 is 46.2 Å². The molecule has 6 rings (SSSR count). The Bertz CT molecular complexity index is 2040. The zero-order valence-electron chi connectivity index (χ0n) is 21.3. The van der Waals surface area contributed by atoms with Crippen LogP contribution in [0.25, 0.3) is 44.4 Å². The van der Waals surface area contributed by atoms with E-state index in [1.54, 1.807) is 60.9 Å². The summed E-state index contributed by atoms with van der Waals surface area (Å²) in [5.41, 5.74) is 2.96. The van der Waals surface area contributed by atoms with E-state index in [1.165, 1.54) is 21.7 Å². The predicted molar refractivity (Wildman–Crippen MR) is 154 cm³/mol. The summed E-state index contributed by atoms with van der Waals surface area (Å²) in [5.74, 6) is -2.32. The molecule has 0 fully saturated rings. The molecule has 0 saturated heterocycles. The molecule has 6 aromatic rings. The summed E-state index contributed by atoms with van der Waals surface area (Å²) in [5, 5.41) is 27.1. The van der Waals surface area contributed by atoms with Crippen LogP contribution in [0.3, 0.4) is 0 Å². The number of carboxylic acid groups (broad SMARTS) is 2. The lowest BCUT2D eigenvalue weighted by molar-refractivity contribution is -0.138. The molecule has 0 spiro atoms. The van der Waals surface area contributed by atoms with Gasteiger partial charge in [0.15, 0.2) is 0 Å². The normalized spacial score (nSPS) is 11.4. The van der Waals surface area contributed by atoms with Crippen molar-refractivity contribution in [2.24, 2.45) is 0 Å². The Labute approximate surface area is 244 Å². The van der Waals surface area contributed by atoms with Gasteiger partial charge >= 0.3 is 11.9 Å². The van der Waals surface area contributed by atoms with Crippen molar-refractivity contribution in [1.82, 2.24) is 28.4 Å². The van der Waals surface area contributed by atoms with Crippen LogP contribution in [0.4, 0.5) is 0 Å². The Hall–Kier alpha value is -5.20. The van der Waals surface area contributed by atoms with Crippen molar-refractivity contribution in [2.75, 3.05) is 0 Å². The Morgan fingerprint density at radius 1 is 0.667 bits per heavy atom. The average Bonchev–Trinajstić information content (AvgIpc) is 3.58. The number of hydrogen-bond acceptors (Lipinski definition) is 6. The number of benzene rings is 2. The number of aromatic nitrogens is 6. The number of halogens is 2. The van der Waals surface area contributed by atoms with E-state index in [4.69, 9.17) is 33.4 Å². The van der Waals surface area contributed by atoms with E-state index in [-0.39, 0.29) is 11.0 Å². The van der Waals surface area contributed by atoms with Gasteiger partial charge in [0, 0.05) is 45.8 Å². The molecule has 0 radical (unpaired) electrons. The number of carboxylic acids is 2. The van der Waals surface area contributed by atoms with E-state index in [1.807, 2.05) is 0 Å². The van der Waals surface area contributed by atoms with Gasteiger partial charge in [-0.25, -0.2) is 9.03 Å². The van der Waals surface area contributed by atoms with E-state index in [0.717, 1.165) is 9.13 Å². The minimum Gasteiger partial charge on any atom is -0.480 e. The summed E-state index contributed by atoms with van der Waals surface area (Å²) in [6.07, 6.45) is 5.58. The quantitative estimate of drug-likeness (QED) is 0.279. The van der Waals surface area contributed by atoms with Gasteiger partial charge in [-0.15, -0.1) is 0 Å². The predicted octanol–water partition coefficient (Wildman–Crippen LogP) is 3.78. The second kappa shape index (κ2) is 10.3. The van der Waals surface area contributed by atoms with E-state index in [0.29, 0.717) is 43.4 Å². The lowest BCUT2D eigenvalue weighted by Gasteiger charge is -2.13. The van der Waals surface area contributed by atoms with Crippen LogP contribution in [0.1, 0.15) is 0 Å². The molecule has 14 heteroatoms. The number of fused-ring (bicyclic) bond motifs is 2. The first-order valence-electron chi connectivity index (χ1n) is 12.3. The highest BCUT2D eigenvalue weighted by atomic mass is 35.5. The Morgan fingerprint density at radius 2 is 1.05 bits per heavy atom. The van der Waals surface area contributed by atoms with Crippen LogP contribution in [-0.4, -0.2) is 50.5 Å². The van der Waals surface area contributed by atoms with Gasteiger partial charge < -0.3 is 10.2 Å². The molecule has 0 atom stereocenters. The summed E-state index contributed by atoms with van der Waals surface area (Å²) in [4.78, 5) is 47.8. The highest BCUT2D eigenvalue weighted by Crippen LogP contribution is 2.42. The van der Waals surface area contributed by atoms with Gasteiger partial charge in [0.25, 0.3) is 11.1 Å². The molecule has 0 amide bonds. The van der Waals surface area contributed by atoms with Crippen molar-refractivity contribution in [3.63, 3.8) is 0 Å². The van der Waals surface area contributed by atoms with Crippen LogP contribution in [-0.2, 0) is 22.7 Å². The summed E-state index contributed by atoms with van der Waals surface area (Å²) >= 11 is 13.8. The lowest BCUT2D eigenvalue weighted by atomic mass is 9.97. The summed E-state index contributed by atoms with van der Waals surface area (Å²) < 4.78 is 4.74. The summed E-state index contributed by atoms with van der Waals surface area (Å²) in [6.45, 7) is -1.03. The number of rotatable bonds is 7. The fraction of sp³-hybridized carbons (Fsp3) is 0.0714. The van der Waals surface area contributed by atoms with Crippen molar-refractivity contribution in [2.45, 2.75) is 13.1 Å². The van der Waals surface area contributed by atoms with E-state index >= 15 is 0 Å². The number of carbonyl (C=O) groups is 2. The van der Waals surface area contributed by atoms with Crippen LogP contribution in [0.5, 0.6) is 0 Å². The monoisotopic (exact) mass is 604 g/mol. The van der Waals surface area contributed by atoms with Crippen LogP contribution in [0.2, 0.25) is 10.0 Å². The van der Waals surface area contributed by atoms with Gasteiger partial charge in [0.2, 0.25) is 0 Å². The molecule has 0 bridgehead atoms. The first kappa shape index (κ1) is 27.0. The third kappa shape index (κ3) is 4.62. The summed E-state index contributed by atoms with van der Waals surface area (Å²) in [6, 6.07) is 13.9. The number of hydrogen-bond donors (Lipinski definition) is 2. The third-order valence-electron chi connectivity index (χ3n) is 6.71. The molecule has 4 heterocycles. The maximum atomic E-state index is 12.8. The summed E-state index contributed by atoms with van der Waals surface area (Å²) in [7, 11) is 0. The van der Waals surface area contributed by atoms with Gasteiger partial charge in [-0.05, 0) is 12.1 Å². The Morgan fingerprint density at radius 3 is 1.43 bits per heavy atom. The fourth-order valence-corrected chi connectivity index (χ4v) is 5.46. The molecule has 4 aromatic heterocycles. The van der Waals surface area contributed by atoms with Gasteiger partial charge in [-0.1, -0.05) is 59.6 Å². The largest absolute Gasteiger partial charge is 0.480 e. The third-order valence-corrected chi connectivity index (χ3v) is 7.53. The van der Waals surface area contributed by atoms with Gasteiger partial charge in [-0.3, -0.25) is 28.3 Å². The maximum absolute atomic E-state index is 12.8. The van der Waals surface area contributed by atoms with Crippen LogP contribution < -0.4 is 11.1 Å². The SMILES string of the molecule is O=C(O)Cn1cnn2cc(-c3cccc(-c4cccc(-c5cc6c(=O)n(CC(=O)O)cnn6c5)c4Cl)c3Cl)cc2c1=O. The maximum Gasteiger partial charge on any atom is 0.323 e. The molecule has 12 nitrogen and oxygen atoms in total. The van der Waals surface area contributed by atoms with Gasteiger partial charge in [-0.2, -0.15) is 10.2 Å². The molecule has 42 heavy (non-hydrogen) atoms. The molecule has 0 aliphatic carbocycles. The molecular weight excluding hydrogens is 587 g/mol. The zero-order valence-corrected chi connectivity index (χ0v) is 22.8. The lowest BCUT2D eigenvalue weighted by Crippen LogP contribution is -2.25.